The minimum atomic E-state index is -3.02. The van der Waals surface area contributed by atoms with E-state index in [1.165, 1.54) is 0 Å². The fraction of sp³-hybridized carbons (Fsp3) is 0.333. The molecule has 0 atom stereocenters. The molecule has 0 heterocycles. The number of hydrogen-bond donors (Lipinski definition) is 6. The minimum absolute atomic E-state index is 0.0137. The van der Waals surface area contributed by atoms with Gasteiger partial charge in [-0.15, -0.1) is 0 Å². The van der Waals surface area contributed by atoms with E-state index in [0.717, 1.165) is 24.3 Å². The fourth-order valence-electron chi connectivity index (χ4n) is 3.24. The predicted octanol–water partition coefficient (Wildman–Crippen LogP) is 1.46. The summed E-state index contributed by atoms with van der Waals surface area (Å²) in [6, 6.07) is 4.45. The minimum Gasteiger partial charge on any atom is -0.508 e. The first-order valence-corrected chi connectivity index (χ1v) is 7.78. The van der Waals surface area contributed by atoms with Gasteiger partial charge in [-0.1, -0.05) is 0 Å². The maximum absolute atomic E-state index is 14.1. The van der Waals surface area contributed by atoms with Crippen LogP contribution in [0.25, 0.3) is 0 Å². The first kappa shape index (κ1) is 20.1. The second-order valence-electron chi connectivity index (χ2n) is 5.80. The third-order valence-electron chi connectivity index (χ3n) is 4.23. The molecule has 0 unspecified atom stereocenters. The van der Waals surface area contributed by atoms with Gasteiger partial charge in [-0.3, -0.25) is 0 Å². The highest BCUT2D eigenvalue weighted by molar-refractivity contribution is 5.53. The third kappa shape index (κ3) is 3.78. The average Bonchev–Trinajstić information content (AvgIpc) is 2.62. The number of aliphatic hydroxyl groups excluding tert-OH is 4. The van der Waals surface area contributed by atoms with Gasteiger partial charge in [-0.05, 0) is 57.6 Å². The molecule has 0 aliphatic carbocycles. The number of phenols is 2. The van der Waals surface area contributed by atoms with Crippen molar-refractivity contribution in [2.24, 2.45) is 0 Å². The van der Waals surface area contributed by atoms with E-state index in [1.54, 1.807) is 0 Å². The Hall–Kier alpha value is -2.26. The molecule has 0 saturated carbocycles. The van der Waals surface area contributed by atoms with Crippen LogP contribution in [-0.2, 0) is 26.4 Å². The van der Waals surface area contributed by atoms with E-state index in [9.17, 15) is 39.4 Å². The molecule has 0 bridgehead atoms. The van der Waals surface area contributed by atoms with Crippen LogP contribution in [-0.4, -0.2) is 37.1 Å². The van der Waals surface area contributed by atoms with Crippen molar-refractivity contribution in [1.29, 1.82) is 0 Å². The van der Waals surface area contributed by atoms with Crippen molar-refractivity contribution in [1.82, 2.24) is 0 Å². The van der Waals surface area contributed by atoms with Crippen LogP contribution in [0.15, 0.2) is 24.3 Å². The highest BCUT2D eigenvalue weighted by Crippen LogP contribution is 2.41. The molecule has 0 spiro atoms. The zero-order valence-electron chi connectivity index (χ0n) is 13.7. The van der Waals surface area contributed by atoms with E-state index in [-0.39, 0.29) is 44.9 Å². The standard InChI is InChI=1S/C18H20F2O6/c19-18(20)17(15-9(5-21)1-13(25)2-10(15)6-22)16-11(7-23)3-14(26)4-12(16)8-24/h1-4,17-18,21-26H,5-8H2. The predicted molar refractivity (Wildman–Crippen MR) is 87.8 cm³/mol. The number of benzene rings is 2. The molecular weight excluding hydrogens is 350 g/mol. The quantitative estimate of drug-likeness (QED) is 0.439. The fourth-order valence-corrected chi connectivity index (χ4v) is 3.24. The lowest BCUT2D eigenvalue weighted by molar-refractivity contribution is 0.124. The summed E-state index contributed by atoms with van der Waals surface area (Å²) in [5.74, 6) is -2.31. The van der Waals surface area contributed by atoms with Gasteiger partial charge in [0.05, 0.1) is 32.3 Å². The van der Waals surface area contributed by atoms with Crippen LogP contribution in [0.2, 0.25) is 0 Å². The molecule has 2 aromatic carbocycles. The molecule has 26 heavy (non-hydrogen) atoms. The van der Waals surface area contributed by atoms with Gasteiger partial charge in [0.1, 0.15) is 11.5 Å². The Morgan fingerprint density at radius 1 is 0.615 bits per heavy atom. The first-order chi connectivity index (χ1) is 12.4. The van der Waals surface area contributed by atoms with Gasteiger partial charge in [-0.2, -0.15) is 0 Å². The summed E-state index contributed by atoms with van der Waals surface area (Å²) >= 11 is 0. The Labute approximate surface area is 148 Å². The zero-order valence-corrected chi connectivity index (χ0v) is 13.7. The molecule has 0 aliphatic rings. The Bertz CT molecular complexity index is 667. The van der Waals surface area contributed by atoms with Crippen LogP contribution < -0.4 is 0 Å². The maximum Gasteiger partial charge on any atom is 0.249 e. The van der Waals surface area contributed by atoms with E-state index in [4.69, 9.17) is 0 Å². The van der Waals surface area contributed by atoms with Crippen molar-refractivity contribution in [3.63, 3.8) is 0 Å². The molecule has 8 heteroatoms. The molecule has 0 aliphatic heterocycles. The highest BCUT2D eigenvalue weighted by Gasteiger charge is 2.33. The molecule has 0 radical (unpaired) electrons. The van der Waals surface area contributed by atoms with Crippen LogP contribution >= 0.6 is 0 Å². The van der Waals surface area contributed by atoms with Crippen LogP contribution in [0.4, 0.5) is 8.78 Å². The maximum atomic E-state index is 14.1. The summed E-state index contributed by atoms with van der Waals surface area (Å²) in [5, 5.41) is 57.6. The molecular formula is C18H20F2O6. The number of alkyl halides is 2. The topological polar surface area (TPSA) is 121 Å². The molecule has 2 aromatic rings. The molecule has 6 nitrogen and oxygen atoms in total. The number of aliphatic hydroxyl groups is 4. The smallest absolute Gasteiger partial charge is 0.249 e. The van der Waals surface area contributed by atoms with Crippen molar-refractivity contribution in [3.8, 4) is 11.5 Å². The molecule has 0 saturated heterocycles. The van der Waals surface area contributed by atoms with Gasteiger partial charge in [0, 0.05) is 0 Å². The second-order valence-corrected chi connectivity index (χ2v) is 5.80. The number of rotatable bonds is 7. The van der Waals surface area contributed by atoms with Gasteiger partial charge in [0.25, 0.3) is 0 Å². The lowest BCUT2D eigenvalue weighted by atomic mass is 9.81. The summed E-state index contributed by atoms with van der Waals surface area (Å²) in [4.78, 5) is 0. The molecule has 2 rings (SSSR count). The Balaban J connectivity index is 2.85. The Kier molecular flexibility index (Phi) is 6.49. The van der Waals surface area contributed by atoms with Crippen molar-refractivity contribution in [3.05, 3.63) is 57.6 Å². The van der Waals surface area contributed by atoms with Crippen molar-refractivity contribution in [2.75, 3.05) is 0 Å². The summed E-state index contributed by atoms with van der Waals surface area (Å²) < 4.78 is 28.2. The van der Waals surface area contributed by atoms with E-state index in [1.807, 2.05) is 0 Å². The monoisotopic (exact) mass is 370 g/mol. The molecule has 0 aromatic heterocycles. The SMILES string of the molecule is OCc1cc(O)cc(CO)c1C(c1c(CO)cc(O)cc1CO)C(F)F. The molecule has 0 amide bonds. The zero-order chi connectivity index (χ0) is 19.4. The molecule has 142 valence electrons. The average molecular weight is 370 g/mol. The number of hydrogen-bond acceptors (Lipinski definition) is 6. The highest BCUT2D eigenvalue weighted by atomic mass is 19.3. The van der Waals surface area contributed by atoms with Crippen molar-refractivity contribution >= 4 is 0 Å². The number of phenolic OH excluding ortho intramolecular Hbond substituents is 2. The molecule has 0 fully saturated rings. The van der Waals surface area contributed by atoms with E-state index in [2.05, 4.69) is 0 Å². The van der Waals surface area contributed by atoms with Gasteiger partial charge < -0.3 is 30.6 Å². The van der Waals surface area contributed by atoms with Gasteiger partial charge in [-0.25, -0.2) is 8.78 Å². The second kappa shape index (κ2) is 8.41. The van der Waals surface area contributed by atoms with Crippen molar-refractivity contribution in [2.45, 2.75) is 38.8 Å². The Morgan fingerprint density at radius 3 is 1.08 bits per heavy atom. The Morgan fingerprint density at radius 2 is 0.885 bits per heavy atom. The summed E-state index contributed by atoms with van der Waals surface area (Å²) in [7, 11) is 0. The van der Waals surface area contributed by atoms with E-state index < -0.39 is 38.8 Å². The lowest BCUT2D eigenvalue weighted by Gasteiger charge is -2.27. The lowest BCUT2D eigenvalue weighted by Crippen LogP contribution is -2.19. The van der Waals surface area contributed by atoms with Crippen LogP contribution in [0, 0.1) is 0 Å². The van der Waals surface area contributed by atoms with Gasteiger partial charge >= 0.3 is 0 Å². The van der Waals surface area contributed by atoms with Crippen LogP contribution in [0.5, 0.6) is 11.5 Å². The summed E-state index contributed by atoms with van der Waals surface area (Å²) in [6.45, 7) is -2.66. The van der Waals surface area contributed by atoms with E-state index >= 15 is 0 Å². The summed E-state index contributed by atoms with van der Waals surface area (Å²) in [5.41, 5.74) is -0.253. The van der Waals surface area contributed by atoms with Crippen LogP contribution in [0.3, 0.4) is 0 Å². The van der Waals surface area contributed by atoms with E-state index in [0.29, 0.717) is 0 Å². The normalized spacial score (nSPS) is 11.5. The number of halogens is 2. The summed E-state index contributed by atoms with van der Waals surface area (Å²) in [6.07, 6.45) is -3.02. The number of aromatic hydroxyl groups is 2. The van der Waals surface area contributed by atoms with Gasteiger partial charge in [0.2, 0.25) is 6.43 Å². The molecule has 6 N–H and O–H groups in total. The van der Waals surface area contributed by atoms with Crippen molar-refractivity contribution < 1.29 is 39.4 Å². The van der Waals surface area contributed by atoms with Crippen LogP contribution in [0.1, 0.15) is 39.3 Å². The first-order valence-electron chi connectivity index (χ1n) is 7.78. The third-order valence-corrected chi connectivity index (χ3v) is 4.23. The largest absolute Gasteiger partial charge is 0.508 e. The van der Waals surface area contributed by atoms with Gasteiger partial charge in [0.15, 0.2) is 0 Å².